The molecule has 4 heteroatoms. The highest BCUT2D eigenvalue weighted by atomic mass is 32.2. The van der Waals surface area contributed by atoms with Gasteiger partial charge in [-0.1, -0.05) is 13.8 Å². The molecule has 3 nitrogen and oxygen atoms in total. The maximum Gasteiger partial charge on any atom is 0.151 e. The van der Waals surface area contributed by atoms with Gasteiger partial charge in [0.15, 0.2) is 9.84 Å². The van der Waals surface area contributed by atoms with Crippen molar-refractivity contribution in [3.63, 3.8) is 0 Å². The third kappa shape index (κ3) is 2.98. The van der Waals surface area contributed by atoms with Crippen molar-refractivity contribution in [3.8, 4) is 0 Å². The summed E-state index contributed by atoms with van der Waals surface area (Å²) in [6.45, 7) is 4.63. The number of hydrogen-bond acceptors (Lipinski definition) is 3. The molecule has 1 N–H and O–H groups in total. The standard InChI is InChI=1S/C12H23NO2S/c1-9-3-4-11(7-10(9)2)13-12-5-6-16(14,15)8-12/h9-13H,3-8H2,1-2H3/t9-,10-,11+,12-/m1/s1. The molecular weight excluding hydrogens is 222 g/mol. The molecule has 0 bridgehead atoms. The summed E-state index contributed by atoms with van der Waals surface area (Å²) in [4.78, 5) is 0. The minimum absolute atomic E-state index is 0.218. The molecule has 0 aromatic rings. The van der Waals surface area contributed by atoms with Crippen molar-refractivity contribution >= 4 is 9.84 Å². The molecule has 1 saturated carbocycles. The molecule has 0 aromatic heterocycles. The molecule has 0 unspecified atom stereocenters. The molecule has 0 aromatic carbocycles. The van der Waals surface area contributed by atoms with Crippen molar-refractivity contribution in [2.75, 3.05) is 11.5 Å². The van der Waals surface area contributed by atoms with Crippen LogP contribution in [-0.4, -0.2) is 32.0 Å². The van der Waals surface area contributed by atoms with Crippen molar-refractivity contribution in [3.05, 3.63) is 0 Å². The van der Waals surface area contributed by atoms with E-state index in [1.54, 1.807) is 0 Å². The summed E-state index contributed by atoms with van der Waals surface area (Å²) >= 11 is 0. The number of sulfone groups is 1. The van der Waals surface area contributed by atoms with Crippen molar-refractivity contribution in [2.45, 2.75) is 51.6 Å². The summed E-state index contributed by atoms with van der Waals surface area (Å²) in [6, 6.07) is 0.764. The zero-order chi connectivity index (χ0) is 11.8. The van der Waals surface area contributed by atoms with Gasteiger partial charge >= 0.3 is 0 Å². The van der Waals surface area contributed by atoms with Gasteiger partial charge in [-0.15, -0.1) is 0 Å². The van der Waals surface area contributed by atoms with E-state index in [0.29, 0.717) is 17.5 Å². The van der Waals surface area contributed by atoms with Gasteiger partial charge in [0.1, 0.15) is 0 Å². The van der Waals surface area contributed by atoms with Gasteiger partial charge in [-0.2, -0.15) is 0 Å². The lowest BCUT2D eigenvalue weighted by Gasteiger charge is -2.34. The Morgan fingerprint density at radius 2 is 1.75 bits per heavy atom. The van der Waals surface area contributed by atoms with E-state index in [-0.39, 0.29) is 6.04 Å². The van der Waals surface area contributed by atoms with Crippen LogP contribution >= 0.6 is 0 Å². The minimum atomic E-state index is -2.73. The van der Waals surface area contributed by atoms with Crippen LogP contribution in [0.1, 0.15) is 39.5 Å². The molecule has 1 aliphatic carbocycles. The van der Waals surface area contributed by atoms with Crippen LogP contribution in [0.5, 0.6) is 0 Å². The molecule has 94 valence electrons. The maximum absolute atomic E-state index is 11.4. The van der Waals surface area contributed by atoms with Gasteiger partial charge < -0.3 is 5.32 Å². The number of nitrogens with one attached hydrogen (secondary N) is 1. The zero-order valence-corrected chi connectivity index (χ0v) is 11.1. The molecular formula is C12H23NO2S. The first-order valence-corrected chi connectivity index (χ1v) is 8.25. The quantitative estimate of drug-likeness (QED) is 0.803. The molecule has 1 aliphatic heterocycles. The fourth-order valence-electron chi connectivity index (χ4n) is 2.96. The fraction of sp³-hybridized carbons (Fsp3) is 1.00. The van der Waals surface area contributed by atoms with Gasteiger partial charge in [0.05, 0.1) is 11.5 Å². The van der Waals surface area contributed by atoms with Gasteiger partial charge in [-0.25, -0.2) is 8.42 Å². The van der Waals surface area contributed by atoms with Gasteiger partial charge in [-0.3, -0.25) is 0 Å². The minimum Gasteiger partial charge on any atom is -0.310 e. The number of hydrogen-bond donors (Lipinski definition) is 1. The lowest BCUT2D eigenvalue weighted by atomic mass is 9.79. The van der Waals surface area contributed by atoms with Crippen LogP contribution in [0.15, 0.2) is 0 Å². The maximum atomic E-state index is 11.4. The van der Waals surface area contributed by atoms with E-state index in [9.17, 15) is 8.42 Å². The topological polar surface area (TPSA) is 46.2 Å². The highest BCUT2D eigenvalue weighted by Crippen LogP contribution is 2.30. The van der Waals surface area contributed by atoms with Crippen molar-refractivity contribution in [2.24, 2.45) is 11.8 Å². The molecule has 16 heavy (non-hydrogen) atoms. The van der Waals surface area contributed by atoms with Crippen LogP contribution in [0, 0.1) is 11.8 Å². The molecule has 0 spiro atoms. The van der Waals surface area contributed by atoms with Crippen molar-refractivity contribution < 1.29 is 8.42 Å². The van der Waals surface area contributed by atoms with E-state index in [1.165, 1.54) is 19.3 Å². The van der Waals surface area contributed by atoms with Crippen LogP contribution in [-0.2, 0) is 9.84 Å². The molecule has 4 atom stereocenters. The number of rotatable bonds is 2. The summed E-state index contributed by atoms with van der Waals surface area (Å²) in [5.74, 6) is 2.33. The first kappa shape index (κ1) is 12.4. The summed E-state index contributed by atoms with van der Waals surface area (Å²) in [5.41, 5.74) is 0. The monoisotopic (exact) mass is 245 g/mol. The van der Waals surface area contributed by atoms with Crippen LogP contribution in [0.2, 0.25) is 0 Å². The van der Waals surface area contributed by atoms with E-state index in [2.05, 4.69) is 19.2 Å². The Balaban J connectivity index is 1.83. The van der Waals surface area contributed by atoms with E-state index < -0.39 is 9.84 Å². The highest BCUT2D eigenvalue weighted by molar-refractivity contribution is 7.91. The average Bonchev–Trinajstić information content (AvgIpc) is 2.52. The Morgan fingerprint density at radius 3 is 2.31 bits per heavy atom. The van der Waals surface area contributed by atoms with E-state index in [4.69, 9.17) is 0 Å². The summed E-state index contributed by atoms with van der Waals surface area (Å²) in [5, 5.41) is 3.55. The second-order valence-electron chi connectivity index (χ2n) is 5.73. The summed E-state index contributed by atoms with van der Waals surface area (Å²) in [7, 11) is -2.73. The van der Waals surface area contributed by atoms with Gasteiger partial charge in [0, 0.05) is 12.1 Å². The molecule has 2 aliphatic rings. The Hall–Kier alpha value is -0.0900. The normalized spacial score (nSPS) is 43.4. The first-order valence-electron chi connectivity index (χ1n) is 6.43. The summed E-state index contributed by atoms with van der Waals surface area (Å²) in [6.07, 6.45) is 4.50. The van der Waals surface area contributed by atoms with E-state index in [0.717, 1.165) is 18.3 Å². The largest absolute Gasteiger partial charge is 0.310 e. The lowest BCUT2D eigenvalue weighted by Crippen LogP contribution is -2.42. The van der Waals surface area contributed by atoms with Gasteiger partial charge in [-0.05, 0) is 37.5 Å². The third-order valence-electron chi connectivity index (χ3n) is 4.30. The van der Waals surface area contributed by atoms with E-state index >= 15 is 0 Å². The molecule has 2 fully saturated rings. The Bertz CT molecular complexity index is 339. The van der Waals surface area contributed by atoms with Crippen LogP contribution in [0.4, 0.5) is 0 Å². The SMILES string of the molecule is C[C@@H]1CC[C@H](N[C@@H]2CCS(=O)(=O)C2)C[C@H]1C. The van der Waals surface area contributed by atoms with Crippen molar-refractivity contribution in [1.29, 1.82) is 0 Å². The molecule has 2 rings (SSSR count). The Kier molecular flexibility index (Phi) is 3.59. The van der Waals surface area contributed by atoms with Gasteiger partial charge in [0.25, 0.3) is 0 Å². The van der Waals surface area contributed by atoms with Gasteiger partial charge in [0.2, 0.25) is 0 Å². The highest BCUT2D eigenvalue weighted by Gasteiger charge is 2.31. The molecule has 1 saturated heterocycles. The molecule has 1 heterocycles. The van der Waals surface area contributed by atoms with Crippen LogP contribution in [0.3, 0.4) is 0 Å². The predicted molar refractivity (Wildman–Crippen MR) is 66.2 cm³/mol. The van der Waals surface area contributed by atoms with Crippen LogP contribution < -0.4 is 5.32 Å². The smallest absolute Gasteiger partial charge is 0.151 e. The second-order valence-corrected chi connectivity index (χ2v) is 7.96. The Morgan fingerprint density at radius 1 is 1.00 bits per heavy atom. The van der Waals surface area contributed by atoms with E-state index in [1.807, 2.05) is 0 Å². The molecule has 0 amide bonds. The average molecular weight is 245 g/mol. The summed E-state index contributed by atoms with van der Waals surface area (Å²) < 4.78 is 22.7. The lowest BCUT2D eigenvalue weighted by molar-refractivity contribution is 0.217. The first-order chi connectivity index (χ1) is 7.46. The third-order valence-corrected chi connectivity index (χ3v) is 6.07. The zero-order valence-electron chi connectivity index (χ0n) is 10.3. The fourth-order valence-corrected chi connectivity index (χ4v) is 4.64. The Labute approximate surface area is 98.9 Å². The predicted octanol–water partition coefficient (Wildman–Crippen LogP) is 1.59. The van der Waals surface area contributed by atoms with Crippen molar-refractivity contribution in [1.82, 2.24) is 5.32 Å². The van der Waals surface area contributed by atoms with Crippen LogP contribution in [0.25, 0.3) is 0 Å². The second kappa shape index (κ2) is 4.65. The molecule has 0 radical (unpaired) electrons.